The van der Waals surface area contributed by atoms with E-state index in [2.05, 4.69) is 23.3 Å². The third-order valence-corrected chi connectivity index (χ3v) is 0.730. The van der Waals surface area contributed by atoms with Crippen LogP contribution in [0.4, 0.5) is 4.79 Å². The molecule has 0 spiro atoms. The van der Waals surface area contributed by atoms with Gasteiger partial charge in [-0.25, -0.2) is 4.79 Å². The van der Waals surface area contributed by atoms with Crippen LogP contribution in [0.2, 0.25) is 0 Å². The van der Waals surface area contributed by atoms with Gasteiger partial charge in [0.2, 0.25) is 5.91 Å². The van der Waals surface area contributed by atoms with Crippen LogP contribution in [-0.2, 0) is 4.79 Å². The first-order valence-electron chi connectivity index (χ1n) is 2.40. The first kappa shape index (κ1) is 8.83. The minimum absolute atomic E-state index is 0.0833. The smallest absolute Gasteiger partial charge is 0.318 e. The second-order valence-corrected chi connectivity index (χ2v) is 1.91. The second-order valence-electron chi connectivity index (χ2n) is 1.50. The van der Waals surface area contributed by atoms with Crippen LogP contribution in [0.25, 0.3) is 0 Å². The number of urea groups is 1. The highest BCUT2D eigenvalue weighted by Gasteiger charge is 1.98. The van der Waals surface area contributed by atoms with E-state index < -0.39 is 6.03 Å². The first-order chi connectivity index (χ1) is 4.52. The van der Waals surface area contributed by atoms with Crippen molar-refractivity contribution in [1.29, 1.82) is 0 Å². The van der Waals surface area contributed by atoms with Crippen LogP contribution in [0.5, 0.6) is 0 Å². The Kier molecular flexibility index (Phi) is 3.34. The van der Waals surface area contributed by atoms with Crippen LogP contribution >= 0.6 is 12.2 Å². The van der Waals surface area contributed by atoms with Crippen LogP contribution in [0.15, 0.2) is 0 Å². The predicted octanol–water partition coefficient (Wildman–Crippen LogP) is -0.924. The summed E-state index contributed by atoms with van der Waals surface area (Å²) >= 11 is 4.46. The highest BCUT2D eigenvalue weighted by molar-refractivity contribution is 7.80. The van der Waals surface area contributed by atoms with Gasteiger partial charge in [-0.1, -0.05) is 0 Å². The fourth-order valence-electron chi connectivity index (χ4n) is 0.303. The Morgan fingerprint density at radius 2 is 1.90 bits per heavy atom. The summed E-state index contributed by atoms with van der Waals surface area (Å²) in [7, 11) is 0. The monoisotopic (exact) mass is 161 g/mol. The van der Waals surface area contributed by atoms with Gasteiger partial charge in [-0.2, -0.15) is 0 Å². The zero-order valence-corrected chi connectivity index (χ0v) is 6.12. The van der Waals surface area contributed by atoms with E-state index in [1.165, 1.54) is 6.92 Å². The van der Waals surface area contributed by atoms with E-state index in [0.29, 0.717) is 0 Å². The van der Waals surface area contributed by atoms with Crippen molar-refractivity contribution in [3.8, 4) is 0 Å². The van der Waals surface area contributed by atoms with Gasteiger partial charge in [0.1, 0.15) is 0 Å². The minimum atomic E-state index is -0.793. The molecule has 0 aliphatic carbocycles. The topological polar surface area (TPSA) is 84.2 Å². The zero-order valence-electron chi connectivity index (χ0n) is 5.30. The number of thiocarbonyl (C=S) groups is 1. The van der Waals surface area contributed by atoms with Crippen molar-refractivity contribution < 1.29 is 9.59 Å². The van der Waals surface area contributed by atoms with E-state index in [9.17, 15) is 9.59 Å². The zero-order chi connectivity index (χ0) is 8.15. The Hall–Kier alpha value is -1.17. The van der Waals surface area contributed by atoms with Gasteiger partial charge in [-0.3, -0.25) is 10.1 Å². The molecular formula is C4H7N3O2S. The summed E-state index contributed by atoms with van der Waals surface area (Å²) in [5, 5.41) is 4.08. The highest BCUT2D eigenvalue weighted by Crippen LogP contribution is 1.65. The summed E-state index contributed by atoms with van der Waals surface area (Å²) in [5.74, 6) is -0.348. The van der Waals surface area contributed by atoms with E-state index >= 15 is 0 Å². The lowest BCUT2D eigenvalue weighted by Crippen LogP contribution is -2.43. The lowest BCUT2D eigenvalue weighted by molar-refractivity contribution is -0.117. The molecule has 0 heterocycles. The minimum Gasteiger partial charge on any atom is -0.351 e. The van der Waals surface area contributed by atoms with Gasteiger partial charge in [-0.05, 0) is 12.2 Å². The molecule has 0 unspecified atom stereocenters. The van der Waals surface area contributed by atoms with Crippen LogP contribution in [0.3, 0.4) is 0 Å². The molecule has 0 bridgehead atoms. The molecule has 56 valence electrons. The first-order valence-corrected chi connectivity index (χ1v) is 2.81. The van der Waals surface area contributed by atoms with E-state index in [4.69, 9.17) is 0 Å². The normalized spacial score (nSPS) is 8.10. The van der Waals surface area contributed by atoms with Gasteiger partial charge in [0.05, 0.1) is 0 Å². The van der Waals surface area contributed by atoms with Crippen molar-refractivity contribution in [2.75, 3.05) is 0 Å². The van der Waals surface area contributed by atoms with Crippen LogP contribution in [0, 0.1) is 0 Å². The average Bonchev–Trinajstić information content (AvgIpc) is 1.58. The molecule has 0 aromatic rings. The Bertz CT molecular complexity index is 161. The molecule has 10 heavy (non-hydrogen) atoms. The summed E-state index contributed by atoms with van der Waals surface area (Å²) in [6.07, 6.45) is 0. The quantitative estimate of drug-likeness (QED) is 0.401. The largest absolute Gasteiger partial charge is 0.351 e. The molecule has 0 saturated carbocycles. The molecule has 0 radical (unpaired) electrons. The Morgan fingerprint density at radius 1 is 1.40 bits per heavy atom. The standard InChI is InChI=1S/C4H7N3O2S/c1-2(8)6-4(10)7-3(5)9/h1H3,(H4,5,6,7,8,9,10). The molecule has 3 amide bonds. The molecule has 0 rings (SSSR count). The maximum atomic E-state index is 10.2. The number of nitrogens with one attached hydrogen (secondary N) is 2. The van der Waals surface area contributed by atoms with Crippen LogP contribution in [-0.4, -0.2) is 17.1 Å². The molecule has 0 saturated heterocycles. The third-order valence-electron chi connectivity index (χ3n) is 0.526. The van der Waals surface area contributed by atoms with Crippen molar-refractivity contribution in [2.24, 2.45) is 5.73 Å². The maximum absolute atomic E-state index is 10.2. The van der Waals surface area contributed by atoms with Gasteiger partial charge in [-0.15, -0.1) is 0 Å². The lowest BCUT2D eigenvalue weighted by Gasteiger charge is -2.01. The summed E-state index contributed by atoms with van der Waals surface area (Å²) in [6, 6.07) is -0.793. The molecular weight excluding hydrogens is 154 g/mol. The third kappa shape index (κ3) is 4.98. The number of nitrogens with two attached hydrogens (primary N) is 1. The Balaban J connectivity index is 3.65. The number of hydrogen-bond acceptors (Lipinski definition) is 3. The number of rotatable bonds is 0. The molecule has 0 aliphatic heterocycles. The molecule has 4 N–H and O–H groups in total. The average molecular weight is 161 g/mol. The molecule has 0 aliphatic rings. The van der Waals surface area contributed by atoms with Gasteiger partial charge in [0.15, 0.2) is 5.11 Å². The number of hydrogen-bond donors (Lipinski definition) is 3. The van der Waals surface area contributed by atoms with Crippen molar-refractivity contribution in [2.45, 2.75) is 6.92 Å². The molecule has 5 nitrogen and oxygen atoms in total. The fourth-order valence-corrected chi connectivity index (χ4v) is 0.547. The summed E-state index contributed by atoms with van der Waals surface area (Å²) < 4.78 is 0. The number of amides is 3. The SMILES string of the molecule is CC(=O)NC(=S)NC(N)=O. The van der Waals surface area contributed by atoms with Gasteiger partial charge < -0.3 is 11.1 Å². The Labute approximate surface area is 63.0 Å². The van der Waals surface area contributed by atoms with Crippen LogP contribution < -0.4 is 16.4 Å². The summed E-state index contributed by atoms with van der Waals surface area (Å²) in [4.78, 5) is 20.3. The van der Waals surface area contributed by atoms with Gasteiger partial charge in [0.25, 0.3) is 0 Å². The lowest BCUT2D eigenvalue weighted by atomic mass is 10.7. The maximum Gasteiger partial charge on any atom is 0.318 e. The van der Waals surface area contributed by atoms with Crippen molar-refractivity contribution in [1.82, 2.24) is 10.6 Å². The van der Waals surface area contributed by atoms with E-state index in [-0.39, 0.29) is 11.0 Å². The van der Waals surface area contributed by atoms with Crippen molar-refractivity contribution in [3.63, 3.8) is 0 Å². The van der Waals surface area contributed by atoms with Crippen molar-refractivity contribution in [3.05, 3.63) is 0 Å². The fraction of sp³-hybridized carbons (Fsp3) is 0.250. The van der Waals surface area contributed by atoms with Gasteiger partial charge in [0, 0.05) is 6.92 Å². The number of primary amides is 1. The summed E-state index contributed by atoms with van der Waals surface area (Å²) in [6.45, 7) is 1.27. The Morgan fingerprint density at radius 3 is 2.20 bits per heavy atom. The molecule has 0 atom stereocenters. The number of carbonyl (C=O) groups is 2. The number of carbonyl (C=O) groups excluding carboxylic acids is 2. The molecule has 6 heteroatoms. The second kappa shape index (κ2) is 3.78. The molecule has 0 fully saturated rings. The highest BCUT2D eigenvalue weighted by atomic mass is 32.1. The molecule has 0 aromatic carbocycles. The van der Waals surface area contributed by atoms with Crippen LogP contribution in [0.1, 0.15) is 6.92 Å². The van der Waals surface area contributed by atoms with E-state index in [1.807, 2.05) is 5.32 Å². The van der Waals surface area contributed by atoms with Crippen molar-refractivity contribution >= 4 is 29.3 Å². The molecule has 0 aromatic heterocycles. The van der Waals surface area contributed by atoms with E-state index in [0.717, 1.165) is 0 Å². The summed E-state index contributed by atoms with van der Waals surface area (Å²) in [5.41, 5.74) is 4.68. The van der Waals surface area contributed by atoms with Gasteiger partial charge >= 0.3 is 6.03 Å². The predicted molar refractivity (Wildman–Crippen MR) is 39.1 cm³/mol. The van der Waals surface area contributed by atoms with E-state index in [1.54, 1.807) is 0 Å².